The molecule has 0 radical (unpaired) electrons. The summed E-state index contributed by atoms with van der Waals surface area (Å²) >= 11 is 0. The molecule has 0 aromatic heterocycles. The zero-order valence-electron chi connectivity index (χ0n) is 9.65. The summed E-state index contributed by atoms with van der Waals surface area (Å²) in [5.74, 6) is 3.70. The van der Waals surface area contributed by atoms with Crippen LogP contribution in [0.25, 0.3) is 0 Å². The van der Waals surface area contributed by atoms with Crippen molar-refractivity contribution in [1.29, 1.82) is 0 Å². The maximum absolute atomic E-state index is 10.4. The minimum absolute atomic E-state index is 0.760. The number of hydrogen-bond acceptors (Lipinski definition) is 2. The van der Waals surface area contributed by atoms with Crippen LogP contribution in [0.15, 0.2) is 24.3 Å². The number of aliphatic carboxylic acids is 1. The molecule has 88 valence electrons. The van der Waals surface area contributed by atoms with Crippen LogP contribution in [0.1, 0.15) is 24.8 Å². The normalized spacial score (nSPS) is 14.9. The second kappa shape index (κ2) is 5.40. The largest absolute Gasteiger partial charge is 0.472 e. The van der Waals surface area contributed by atoms with Gasteiger partial charge in [0, 0.05) is 30.3 Å². The topological polar surface area (TPSA) is 40.5 Å². The van der Waals surface area contributed by atoms with Gasteiger partial charge < -0.3 is 10.0 Å². The Kier molecular flexibility index (Phi) is 3.66. The van der Waals surface area contributed by atoms with Crippen LogP contribution in [0.2, 0.25) is 0 Å². The van der Waals surface area contributed by atoms with Gasteiger partial charge in [-0.25, -0.2) is 4.79 Å². The Morgan fingerprint density at radius 2 is 2.00 bits per heavy atom. The van der Waals surface area contributed by atoms with Crippen LogP contribution in [0.3, 0.4) is 0 Å². The average molecular weight is 229 g/mol. The fraction of sp³-hybridized carbons (Fsp3) is 0.357. The molecule has 1 aromatic carbocycles. The lowest BCUT2D eigenvalue weighted by molar-refractivity contribution is -0.130. The zero-order chi connectivity index (χ0) is 12.1. The molecule has 1 aliphatic heterocycles. The molecule has 0 amide bonds. The standard InChI is InChI=1S/C14H15NO2/c16-14(17)8-7-12-5-4-6-13(11-12)15-9-2-1-3-10-15/h4-6,11H,1-3,9-10H2,(H,16,17). The molecular weight excluding hydrogens is 214 g/mol. The first-order valence-corrected chi connectivity index (χ1v) is 5.86. The molecule has 3 heteroatoms. The van der Waals surface area contributed by atoms with Gasteiger partial charge in [0.1, 0.15) is 0 Å². The van der Waals surface area contributed by atoms with Crippen LogP contribution >= 0.6 is 0 Å². The van der Waals surface area contributed by atoms with Crippen LogP contribution in [0.4, 0.5) is 5.69 Å². The molecule has 0 unspecified atom stereocenters. The summed E-state index contributed by atoms with van der Waals surface area (Å²) in [5, 5.41) is 8.51. The SMILES string of the molecule is O=C(O)C#Cc1cccc(N2CCCCC2)c1. The molecule has 3 nitrogen and oxygen atoms in total. The van der Waals surface area contributed by atoms with E-state index in [1.807, 2.05) is 18.2 Å². The number of carboxylic acids is 1. The molecule has 0 aliphatic carbocycles. The minimum atomic E-state index is -1.09. The third-order valence-corrected chi connectivity index (χ3v) is 2.88. The smallest absolute Gasteiger partial charge is 0.382 e. The van der Waals surface area contributed by atoms with Crippen molar-refractivity contribution in [1.82, 2.24) is 0 Å². The van der Waals surface area contributed by atoms with Gasteiger partial charge in [0.05, 0.1) is 0 Å². The van der Waals surface area contributed by atoms with E-state index in [1.54, 1.807) is 0 Å². The van der Waals surface area contributed by atoms with Crippen molar-refractivity contribution in [2.45, 2.75) is 19.3 Å². The Bertz CT molecular complexity index is 465. The molecule has 2 rings (SSSR count). The predicted molar refractivity (Wildman–Crippen MR) is 67.0 cm³/mol. The molecule has 0 bridgehead atoms. The van der Waals surface area contributed by atoms with Crippen molar-refractivity contribution in [3.8, 4) is 11.8 Å². The summed E-state index contributed by atoms with van der Waals surface area (Å²) < 4.78 is 0. The summed E-state index contributed by atoms with van der Waals surface area (Å²) in [4.78, 5) is 12.7. The molecule has 1 heterocycles. The van der Waals surface area contributed by atoms with Gasteiger partial charge >= 0.3 is 5.97 Å². The van der Waals surface area contributed by atoms with Crippen molar-refractivity contribution < 1.29 is 9.90 Å². The molecule has 1 aliphatic rings. The van der Waals surface area contributed by atoms with Crippen molar-refractivity contribution in [3.63, 3.8) is 0 Å². The minimum Gasteiger partial charge on any atom is -0.472 e. The average Bonchev–Trinajstić information content (AvgIpc) is 2.38. The lowest BCUT2D eigenvalue weighted by Gasteiger charge is -2.28. The Labute approximate surface area is 101 Å². The molecule has 0 spiro atoms. The Morgan fingerprint density at radius 1 is 1.24 bits per heavy atom. The fourth-order valence-electron chi connectivity index (χ4n) is 2.06. The van der Waals surface area contributed by atoms with E-state index < -0.39 is 5.97 Å². The zero-order valence-corrected chi connectivity index (χ0v) is 9.65. The number of nitrogens with zero attached hydrogens (tertiary/aromatic N) is 1. The summed E-state index contributed by atoms with van der Waals surface area (Å²) in [6.45, 7) is 2.16. The van der Waals surface area contributed by atoms with Gasteiger partial charge in [-0.05, 0) is 37.5 Å². The summed E-state index contributed by atoms with van der Waals surface area (Å²) in [6, 6.07) is 7.78. The third-order valence-electron chi connectivity index (χ3n) is 2.88. The van der Waals surface area contributed by atoms with Crippen LogP contribution in [-0.2, 0) is 4.79 Å². The number of carboxylic acid groups (broad SMARTS) is 1. The Hall–Kier alpha value is -1.95. The van der Waals surface area contributed by atoms with Crippen molar-refractivity contribution >= 4 is 11.7 Å². The van der Waals surface area contributed by atoms with E-state index in [1.165, 1.54) is 19.3 Å². The second-order valence-electron chi connectivity index (χ2n) is 4.15. The monoisotopic (exact) mass is 229 g/mol. The van der Waals surface area contributed by atoms with Crippen molar-refractivity contribution in [3.05, 3.63) is 29.8 Å². The molecule has 0 atom stereocenters. The summed E-state index contributed by atoms with van der Waals surface area (Å²) in [5.41, 5.74) is 1.90. The molecule has 1 aromatic rings. The molecule has 1 N–H and O–H groups in total. The van der Waals surface area contributed by atoms with E-state index in [4.69, 9.17) is 5.11 Å². The van der Waals surface area contributed by atoms with Crippen molar-refractivity contribution in [2.24, 2.45) is 0 Å². The number of benzene rings is 1. The van der Waals surface area contributed by atoms with Gasteiger partial charge in [-0.15, -0.1) is 0 Å². The Balaban J connectivity index is 2.16. The quantitative estimate of drug-likeness (QED) is 0.750. The number of hydrogen-bond donors (Lipinski definition) is 1. The van der Waals surface area contributed by atoms with Crippen LogP contribution in [0.5, 0.6) is 0 Å². The van der Waals surface area contributed by atoms with Gasteiger partial charge in [-0.2, -0.15) is 0 Å². The second-order valence-corrected chi connectivity index (χ2v) is 4.15. The lowest BCUT2D eigenvalue weighted by Crippen LogP contribution is -2.29. The van der Waals surface area contributed by atoms with E-state index in [0.29, 0.717) is 0 Å². The van der Waals surface area contributed by atoms with Gasteiger partial charge in [0.25, 0.3) is 0 Å². The number of piperidine rings is 1. The maximum atomic E-state index is 10.4. The fourth-order valence-corrected chi connectivity index (χ4v) is 2.06. The van der Waals surface area contributed by atoms with Crippen LogP contribution < -0.4 is 4.90 Å². The highest BCUT2D eigenvalue weighted by molar-refractivity contribution is 5.87. The predicted octanol–water partition coefficient (Wildman–Crippen LogP) is 2.11. The number of rotatable bonds is 1. The van der Waals surface area contributed by atoms with Crippen LogP contribution in [-0.4, -0.2) is 24.2 Å². The third kappa shape index (κ3) is 3.25. The van der Waals surface area contributed by atoms with Crippen LogP contribution in [0, 0.1) is 11.8 Å². The van der Waals surface area contributed by atoms with Crippen molar-refractivity contribution in [2.75, 3.05) is 18.0 Å². The van der Waals surface area contributed by atoms with E-state index in [9.17, 15) is 4.79 Å². The van der Waals surface area contributed by atoms with E-state index in [2.05, 4.69) is 22.8 Å². The summed E-state index contributed by atoms with van der Waals surface area (Å²) in [7, 11) is 0. The highest BCUT2D eigenvalue weighted by Gasteiger charge is 2.10. The van der Waals surface area contributed by atoms with Gasteiger partial charge in [-0.3, -0.25) is 0 Å². The van der Waals surface area contributed by atoms with Gasteiger partial charge in [0.15, 0.2) is 0 Å². The van der Waals surface area contributed by atoms with Gasteiger partial charge in [-0.1, -0.05) is 12.0 Å². The molecule has 17 heavy (non-hydrogen) atoms. The highest BCUT2D eigenvalue weighted by Crippen LogP contribution is 2.20. The van der Waals surface area contributed by atoms with Gasteiger partial charge in [0.2, 0.25) is 0 Å². The first-order valence-electron chi connectivity index (χ1n) is 5.86. The van der Waals surface area contributed by atoms with E-state index >= 15 is 0 Å². The molecule has 0 saturated carbocycles. The lowest BCUT2D eigenvalue weighted by atomic mass is 10.1. The summed E-state index contributed by atoms with van der Waals surface area (Å²) in [6.07, 6.45) is 3.76. The maximum Gasteiger partial charge on any atom is 0.382 e. The Morgan fingerprint density at radius 3 is 2.71 bits per heavy atom. The molecule has 1 saturated heterocycles. The number of anilines is 1. The molecule has 1 fully saturated rings. The number of carbonyl (C=O) groups is 1. The first kappa shape index (κ1) is 11.5. The van der Waals surface area contributed by atoms with E-state index in [0.717, 1.165) is 24.3 Å². The highest BCUT2D eigenvalue weighted by atomic mass is 16.4. The van der Waals surface area contributed by atoms with E-state index in [-0.39, 0.29) is 0 Å². The molecular formula is C14H15NO2. The first-order chi connectivity index (χ1) is 8.25.